The second-order valence-electron chi connectivity index (χ2n) is 8.39. The lowest BCUT2D eigenvalue weighted by Crippen LogP contribution is -2.37. The van der Waals surface area contributed by atoms with E-state index in [1.807, 2.05) is 48.5 Å². The summed E-state index contributed by atoms with van der Waals surface area (Å²) in [6, 6.07) is 16.8. The van der Waals surface area contributed by atoms with Crippen LogP contribution in [0.15, 0.2) is 70.7 Å². The van der Waals surface area contributed by atoms with Crippen LogP contribution in [0.25, 0.3) is 21.8 Å². The molecule has 3 heterocycles. The van der Waals surface area contributed by atoms with Crippen LogP contribution in [-0.2, 0) is 16.1 Å². The largest absolute Gasteiger partial charge is 0.379 e. The number of morpholine rings is 1. The highest BCUT2D eigenvalue weighted by atomic mass is 32.2. The molecular formula is C26H27N5O3S. The van der Waals surface area contributed by atoms with Crippen LogP contribution < -0.4 is 10.9 Å². The van der Waals surface area contributed by atoms with Crippen LogP contribution in [-0.4, -0.2) is 63.9 Å². The van der Waals surface area contributed by atoms with E-state index in [1.54, 1.807) is 16.8 Å². The number of anilines is 1. The summed E-state index contributed by atoms with van der Waals surface area (Å²) in [6.45, 7) is 4.77. The Hall–Kier alpha value is -3.27. The van der Waals surface area contributed by atoms with Crippen molar-refractivity contribution in [2.75, 3.05) is 43.9 Å². The van der Waals surface area contributed by atoms with Gasteiger partial charge >= 0.3 is 0 Å². The third kappa shape index (κ3) is 5.53. The predicted octanol–water partition coefficient (Wildman–Crippen LogP) is 3.40. The minimum absolute atomic E-state index is 0.0689. The Balaban J connectivity index is 1.32. The third-order valence-electron chi connectivity index (χ3n) is 6.04. The maximum absolute atomic E-state index is 13.3. The molecule has 1 aliphatic heterocycles. The van der Waals surface area contributed by atoms with Gasteiger partial charge < -0.3 is 10.1 Å². The summed E-state index contributed by atoms with van der Waals surface area (Å²) >= 11 is 1.29. The van der Waals surface area contributed by atoms with Gasteiger partial charge in [0.1, 0.15) is 0 Å². The number of hydrogen-bond acceptors (Lipinski definition) is 7. The van der Waals surface area contributed by atoms with E-state index < -0.39 is 0 Å². The molecule has 2 aromatic carbocycles. The molecule has 8 nitrogen and oxygen atoms in total. The SMILES string of the molecule is O=C(CSc1nc2ccccc2c(=O)n1CCCN1CCOCC1)Nc1cccc2ncccc12. The number of thioether (sulfide) groups is 1. The van der Waals surface area contributed by atoms with Gasteiger partial charge in [0.2, 0.25) is 5.91 Å². The first kappa shape index (κ1) is 23.5. The number of hydrogen-bond donors (Lipinski definition) is 1. The van der Waals surface area contributed by atoms with Crippen LogP contribution in [0.4, 0.5) is 5.69 Å². The molecule has 9 heteroatoms. The van der Waals surface area contributed by atoms with E-state index in [0.29, 0.717) is 22.6 Å². The van der Waals surface area contributed by atoms with E-state index in [2.05, 4.69) is 15.2 Å². The van der Waals surface area contributed by atoms with Gasteiger partial charge in [0.25, 0.3) is 5.56 Å². The number of carbonyl (C=O) groups is 1. The number of fused-ring (bicyclic) bond motifs is 2. The van der Waals surface area contributed by atoms with Crippen molar-refractivity contribution in [3.8, 4) is 0 Å². The molecule has 35 heavy (non-hydrogen) atoms. The molecule has 0 bridgehead atoms. The molecule has 0 radical (unpaired) electrons. The van der Waals surface area contributed by atoms with E-state index in [4.69, 9.17) is 9.72 Å². The molecular weight excluding hydrogens is 462 g/mol. The molecule has 1 fully saturated rings. The van der Waals surface area contributed by atoms with Gasteiger partial charge in [-0.15, -0.1) is 0 Å². The molecule has 180 valence electrons. The molecule has 0 aliphatic carbocycles. The Kier molecular flexibility index (Phi) is 7.37. The molecule has 0 saturated carbocycles. The number of carbonyl (C=O) groups excluding carboxylic acids is 1. The molecule has 1 N–H and O–H groups in total. The first-order valence-corrected chi connectivity index (χ1v) is 12.7. The zero-order valence-electron chi connectivity index (χ0n) is 19.4. The summed E-state index contributed by atoms with van der Waals surface area (Å²) < 4.78 is 7.13. The van der Waals surface area contributed by atoms with Crippen molar-refractivity contribution in [3.63, 3.8) is 0 Å². The van der Waals surface area contributed by atoms with Crippen LogP contribution in [0.1, 0.15) is 6.42 Å². The maximum atomic E-state index is 13.3. The summed E-state index contributed by atoms with van der Waals surface area (Å²) in [7, 11) is 0. The van der Waals surface area contributed by atoms with Crippen molar-refractivity contribution in [3.05, 3.63) is 71.1 Å². The quantitative estimate of drug-likeness (QED) is 0.300. The zero-order chi connectivity index (χ0) is 24.0. The normalized spacial score (nSPS) is 14.4. The third-order valence-corrected chi connectivity index (χ3v) is 7.01. The second-order valence-corrected chi connectivity index (χ2v) is 9.33. The molecule has 0 atom stereocenters. The minimum atomic E-state index is -0.159. The molecule has 1 amide bonds. The average Bonchev–Trinajstić information content (AvgIpc) is 2.90. The van der Waals surface area contributed by atoms with Crippen LogP contribution in [0.2, 0.25) is 0 Å². The number of aromatic nitrogens is 3. The van der Waals surface area contributed by atoms with E-state index in [9.17, 15) is 9.59 Å². The zero-order valence-corrected chi connectivity index (χ0v) is 20.2. The molecule has 0 spiro atoms. The smallest absolute Gasteiger partial charge is 0.262 e. The van der Waals surface area contributed by atoms with Gasteiger partial charge in [-0.25, -0.2) is 4.98 Å². The molecule has 4 aromatic rings. The number of ether oxygens (including phenoxy) is 1. The van der Waals surface area contributed by atoms with E-state index in [0.717, 1.165) is 55.9 Å². The second kappa shape index (κ2) is 11.0. The lowest BCUT2D eigenvalue weighted by atomic mass is 10.2. The lowest BCUT2D eigenvalue weighted by Gasteiger charge is -2.26. The van der Waals surface area contributed by atoms with Crippen LogP contribution in [0.5, 0.6) is 0 Å². The van der Waals surface area contributed by atoms with Gasteiger partial charge in [0.05, 0.1) is 41.1 Å². The number of amides is 1. The van der Waals surface area contributed by atoms with Crippen molar-refractivity contribution in [2.45, 2.75) is 18.1 Å². The van der Waals surface area contributed by atoms with Crippen LogP contribution in [0.3, 0.4) is 0 Å². The average molecular weight is 490 g/mol. The van der Waals surface area contributed by atoms with Crippen molar-refractivity contribution in [2.24, 2.45) is 0 Å². The molecule has 0 unspecified atom stereocenters. The fraction of sp³-hybridized carbons (Fsp3) is 0.308. The van der Waals surface area contributed by atoms with E-state index in [1.165, 1.54) is 11.8 Å². The summed E-state index contributed by atoms with van der Waals surface area (Å²) in [6.07, 6.45) is 2.55. The highest BCUT2D eigenvalue weighted by Crippen LogP contribution is 2.23. The monoisotopic (exact) mass is 489 g/mol. The Bertz CT molecular complexity index is 1400. The predicted molar refractivity (Wildman–Crippen MR) is 139 cm³/mol. The Morgan fingerprint density at radius 1 is 0.971 bits per heavy atom. The van der Waals surface area contributed by atoms with Crippen molar-refractivity contribution < 1.29 is 9.53 Å². The fourth-order valence-electron chi connectivity index (χ4n) is 4.26. The van der Waals surface area contributed by atoms with Crippen molar-refractivity contribution in [1.29, 1.82) is 0 Å². The van der Waals surface area contributed by atoms with Gasteiger partial charge in [-0.3, -0.25) is 24.0 Å². The van der Waals surface area contributed by atoms with Gasteiger partial charge in [0.15, 0.2) is 5.16 Å². The van der Waals surface area contributed by atoms with Gasteiger partial charge in [-0.05, 0) is 42.8 Å². The maximum Gasteiger partial charge on any atom is 0.262 e. The Morgan fingerprint density at radius 3 is 2.66 bits per heavy atom. The van der Waals surface area contributed by atoms with Gasteiger partial charge in [-0.1, -0.05) is 30.0 Å². The first-order chi connectivity index (χ1) is 17.2. The highest BCUT2D eigenvalue weighted by Gasteiger charge is 2.15. The highest BCUT2D eigenvalue weighted by molar-refractivity contribution is 7.99. The summed E-state index contributed by atoms with van der Waals surface area (Å²) in [5, 5.41) is 5.02. The van der Waals surface area contributed by atoms with E-state index in [-0.39, 0.29) is 17.2 Å². The number of pyridine rings is 1. The lowest BCUT2D eigenvalue weighted by molar-refractivity contribution is -0.113. The van der Waals surface area contributed by atoms with Gasteiger partial charge in [0, 0.05) is 37.8 Å². The number of nitrogens with one attached hydrogen (secondary N) is 1. The topological polar surface area (TPSA) is 89.4 Å². The van der Waals surface area contributed by atoms with Crippen LogP contribution in [0, 0.1) is 0 Å². The van der Waals surface area contributed by atoms with Crippen LogP contribution >= 0.6 is 11.8 Å². The minimum Gasteiger partial charge on any atom is -0.379 e. The number of benzene rings is 2. The van der Waals surface area contributed by atoms with Gasteiger partial charge in [-0.2, -0.15) is 0 Å². The Morgan fingerprint density at radius 2 is 1.77 bits per heavy atom. The first-order valence-electron chi connectivity index (χ1n) is 11.7. The van der Waals surface area contributed by atoms with E-state index >= 15 is 0 Å². The molecule has 5 rings (SSSR count). The standard InChI is InChI=1S/C26H27N5O3S/c32-24(28-22-10-3-9-21-19(22)7-4-11-27-21)18-35-26-29-23-8-2-1-6-20(23)25(33)31(26)13-5-12-30-14-16-34-17-15-30/h1-4,6-11H,5,12-18H2,(H,28,32). The molecule has 1 saturated heterocycles. The summed E-state index contributed by atoms with van der Waals surface area (Å²) in [5.41, 5.74) is 2.12. The molecule has 2 aromatic heterocycles. The summed E-state index contributed by atoms with van der Waals surface area (Å²) in [5.74, 6) is -0.0149. The van der Waals surface area contributed by atoms with Crippen molar-refractivity contribution >= 4 is 45.2 Å². The number of rotatable bonds is 8. The number of para-hydroxylation sites is 1. The number of nitrogens with zero attached hydrogens (tertiary/aromatic N) is 4. The Labute approximate surface area is 207 Å². The summed E-state index contributed by atoms with van der Waals surface area (Å²) in [4.78, 5) is 37.5. The fourth-order valence-corrected chi connectivity index (χ4v) is 5.09. The molecule has 1 aliphatic rings. The van der Waals surface area contributed by atoms with Crippen molar-refractivity contribution in [1.82, 2.24) is 19.4 Å².